The van der Waals surface area contributed by atoms with Gasteiger partial charge in [-0.1, -0.05) is 11.6 Å². The van der Waals surface area contributed by atoms with Crippen LogP contribution in [0.3, 0.4) is 0 Å². The van der Waals surface area contributed by atoms with Crippen LogP contribution in [0.1, 0.15) is 14.5 Å². The highest BCUT2D eigenvalue weighted by Crippen LogP contribution is 2.55. The fourth-order valence-electron chi connectivity index (χ4n) is 2.85. The predicted molar refractivity (Wildman–Crippen MR) is 97.7 cm³/mol. The Balaban J connectivity index is 1.63. The molecule has 0 radical (unpaired) electrons. The number of phosphoric ester groups is 1. The topological polar surface area (TPSA) is 149 Å². The van der Waals surface area contributed by atoms with Crippen LogP contribution in [-0.2, 0) is 25.0 Å². The molecule has 0 saturated carbocycles. The second-order valence-corrected chi connectivity index (χ2v) is 8.41. The van der Waals surface area contributed by atoms with Crippen molar-refractivity contribution in [2.24, 2.45) is 0 Å². The van der Waals surface area contributed by atoms with Gasteiger partial charge in [0.1, 0.15) is 35.4 Å². The van der Waals surface area contributed by atoms with Gasteiger partial charge < -0.3 is 19.5 Å². The second-order valence-electron chi connectivity index (χ2n) is 6.49. The van der Waals surface area contributed by atoms with Crippen LogP contribution in [0.4, 0.5) is 8.78 Å². The van der Waals surface area contributed by atoms with Crippen molar-refractivity contribution in [2.45, 2.75) is 30.9 Å². The van der Waals surface area contributed by atoms with E-state index in [0.29, 0.717) is 10.8 Å². The molecule has 0 bridgehead atoms. The Kier molecular flexibility index (Phi) is 4.91. The third-order valence-electron chi connectivity index (χ3n) is 4.39. The van der Waals surface area contributed by atoms with Crippen molar-refractivity contribution >= 4 is 19.4 Å². The number of hydrogen-bond donors (Lipinski definition) is 3. The number of alkyl halides is 1. The standard InChI is InChI=1S/C16H14ClF2N2O9P/c17-9-4-21(15(25)20-13(9)24)14-11(22)12(23)16(19,29-14)6-28-31(26)27-5-7-3-8(18)1-2-10(7)30-31/h1-4,11-12,14,22-23H,5-6H2,(H,20,24,25)/t11-,12+,14-,16-,31?/m1/s1/i6D2. The van der Waals surface area contributed by atoms with E-state index in [-0.39, 0.29) is 11.3 Å². The number of H-pyrrole nitrogens is 1. The number of aliphatic hydroxyl groups is 2. The van der Waals surface area contributed by atoms with Gasteiger partial charge in [-0.05, 0) is 18.2 Å². The molecule has 5 atom stereocenters. The largest absolute Gasteiger partial charge is 0.530 e. The van der Waals surface area contributed by atoms with Crippen molar-refractivity contribution in [1.29, 1.82) is 0 Å². The molecule has 1 aromatic heterocycles. The molecule has 0 amide bonds. The molecule has 1 aromatic carbocycles. The van der Waals surface area contributed by atoms with Gasteiger partial charge in [-0.15, -0.1) is 0 Å². The number of halogens is 3. The van der Waals surface area contributed by atoms with Gasteiger partial charge in [-0.25, -0.2) is 18.1 Å². The minimum atomic E-state index is -4.89. The van der Waals surface area contributed by atoms with Crippen LogP contribution in [0.15, 0.2) is 34.0 Å². The maximum absolute atomic E-state index is 15.6. The van der Waals surface area contributed by atoms with Gasteiger partial charge in [0.25, 0.3) is 11.4 Å². The van der Waals surface area contributed by atoms with Crippen LogP contribution in [-0.4, -0.2) is 44.4 Å². The number of benzene rings is 1. The number of hydrogen-bond acceptors (Lipinski definition) is 9. The lowest BCUT2D eigenvalue weighted by molar-refractivity contribution is -0.205. The van der Waals surface area contributed by atoms with E-state index < -0.39 is 67.4 Å². The molecule has 0 aliphatic carbocycles. The highest BCUT2D eigenvalue weighted by Gasteiger charge is 2.57. The van der Waals surface area contributed by atoms with Crippen LogP contribution < -0.4 is 15.8 Å². The summed E-state index contributed by atoms with van der Waals surface area (Å²) < 4.78 is 77.2. The van der Waals surface area contributed by atoms with Crippen molar-refractivity contribution in [2.75, 3.05) is 6.56 Å². The molecular formula is C16H14ClF2N2O9P. The zero-order valence-electron chi connectivity index (χ0n) is 17.0. The van der Waals surface area contributed by atoms with Crippen molar-refractivity contribution < 1.29 is 44.6 Å². The molecule has 168 valence electrons. The second kappa shape index (κ2) is 7.78. The zero-order valence-corrected chi connectivity index (χ0v) is 16.7. The first kappa shape index (κ1) is 19.6. The summed E-state index contributed by atoms with van der Waals surface area (Å²) in [4.78, 5) is 25.2. The third kappa shape index (κ3) is 4.05. The van der Waals surface area contributed by atoms with Crippen molar-refractivity contribution in [3.8, 4) is 5.75 Å². The summed E-state index contributed by atoms with van der Waals surface area (Å²) in [7, 11) is -4.89. The Labute approximate surface area is 179 Å². The SMILES string of the molecule is [2H]C([2H])(OP1(=O)OCc2cc(F)ccc2O1)[C@@]1(F)O[C@@H](n2cc(Cl)c(=O)[nH]c2=O)[C@H](O)[C@@H]1O. The normalized spacial score (nSPS) is 33.9. The molecule has 1 saturated heterocycles. The van der Waals surface area contributed by atoms with Crippen molar-refractivity contribution in [3.63, 3.8) is 0 Å². The van der Waals surface area contributed by atoms with Gasteiger partial charge >= 0.3 is 13.5 Å². The maximum atomic E-state index is 15.6. The minimum absolute atomic E-state index is 0.113. The number of aromatic nitrogens is 2. The van der Waals surface area contributed by atoms with Gasteiger partial charge in [0.15, 0.2) is 6.23 Å². The molecule has 2 aliphatic rings. The summed E-state index contributed by atoms with van der Waals surface area (Å²) >= 11 is 5.62. The number of nitrogens with zero attached hydrogens (tertiary/aromatic N) is 1. The van der Waals surface area contributed by atoms with E-state index in [9.17, 15) is 28.8 Å². The molecule has 15 heteroatoms. The predicted octanol–water partition coefficient (Wildman–Crippen LogP) is 0.979. The quantitative estimate of drug-likeness (QED) is 0.540. The Hall–Kier alpha value is -2.12. The third-order valence-corrected chi connectivity index (χ3v) is 5.84. The Bertz CT molecular complexity index is 1280. The first-order valence-corrected chi connectivity index (χ1v) is 10.3. The molecule has 1 unspecified atom stereocenters. The Morgan fingerprint density at radius 3 is 2.94 bits per heavy atom. The first-order chi connectivity index (χ1) is 15.3. The summed E-state index contributed by atoms with van der Waals surface area (Å²) in [6, 6.07) is 3.02. The van der Waals surface area contributed by atoms with E-state index in [4.69, 9.17) is 28.1 Å². The van der Waals surface area contributed by atoms with E-state index >= 15 is 4.39 Å². The molecule has 2 aromatic rings. The number of ether oxygens (including phenoxy) is 1. The number of nitrogens with one attached hydrogen (secondary N) is 1. The summed E-state index contributed by atoms with van der Waals surface area (Å²) in [5.74, 6) is -4.77. The molecular weight excluding hydrogens is 469 g/mol. The first-order valence-electron chi connectivity index (χ1n) is 9.43. The highest BCUT2D eigenvalue weighted by molar-refractivity contribution is 7.49. The average Bonchev–Trinajstić information content (AvgIpc) is 2.96. The summed E-state index contributed by atoms with van der Waals surface area (Å²) in [5.41, 5.74) is -2.11. The van der Waals surface area contributed by atoms with Crippen molar-refractivity contribution in [3.05, 3.63) is 61.6 Å². The van der Waals surface area contributed by atoms with E-state index in [2.05, 4.69) is 4.52 Å². The molecule has 31 heavy (non-hydrogen) atoms. The lowest BCUT2D eigenvalue weighted by atomic mass is 10.1. The molecule has 3 heterocycles. The number of aliphatic hydroxyl groups excluding tert-OH is 2. The van der Waals surface area contributed by atoms with Gasteiger partial charge in [0.2, 0.25) is 0 Å². The number of phosphoric acid groups is 1. The van der Waals surface area contributed by atoms with Crippen LogP contribution in [0.5, 0.6) is 5.75 Å². The maximum Gasteiger partial charge on any atom is 0.530 e. The van der Waals surface area contributed by atoms with E-state index in [1.807, 2.05) is 0 Å². The fourth-order valence-corrected chi connectivity index (χ4v) is 4.10. The van der Waals surface area contributed by atoms with Crippen LogP contribution >= 0.6 is 19.4 Å². The van der Waals surface area contributed by atoms with Gasteiger partial charge in [0.05, 0.1) is 9.35 Å². The summed E-state index contributed by atoms with van der Waals surface area (Å²) in [6.45, 7) is -4.34. The van der Waals surface area contributed by atoms with Gasteiger partial charge in [-0.3, -0.25) is 23.4 Å². The smallest absolute Gasteiger partial charge is 0.404 e. The molecule has 2 aliphatic heterocycles. The van der Waals surface area contributed by atoms with Crippen LogP contribution in [0, 0.1) is 5.82 Å². The number of fused-ring (bicyclic) bond motifs is 1. The highest BCUT2D eigenvalue weighted by atomic mass is 35.5. The summed E-state index contributed by atoms with van der Waals surface area (Å²) in [6.07, 6.45) is -6.36. The van der Waals surface area contributed by atoms with E-state index in [0.717, 1.165) is 18.2 Å². The molecule has 11 nitrogen and oxygen atoms in total. The monoisotopic (exact) mass is 484 g/mol. The molecule has 4 rings (SSSR count). The zero-order chi connectivity index (χ0) is 24.3. The summed E-state index contributed by atoms with van der Waals surface area (Å²) in [5, 5.41) is 19.9. The Morgan fingerprint density at radius 2 is 2.19 bits per heavy atom. The van der Waals surface area contributed by atoms with Gasteiger partial charge in [-0.2, -0.15) is 0 Å². The van der Waals surface area contributed by atoms with E-state index in [1.165, 1.54) is 0 Å². The lowest BCUT2D eigenvalue weighted by Crippen LogP contribution is -2.43. The van der Waals surface area contributed by atoms with Crippen LogP contribution in [0.25, 0.3) is 0 Å². The Morgan fingerprint density at radius 1 is 1.45 bits per heavy atom. The lowest BCUT2D eigenvalue weighted by Gasteiger charge is -2.28. The molecule has 3 N–H and O–H groups in total. The number of rotatable bonds is 4. The average molecular weight is 485 g/mol. The fraction of sp³-hybridized carbons (Fsp3) is 0.375. The van der Waals surface area contributed by atoms with E-state index in [1.54, 1.807) is 4.98 Å². The number of aromatic amines is 1. The van der Waals surface area contributed by atoms with Crippen LogP contribution in [0.2, 0.25) is 5.02 Å². The van der Waals surface area contributed by atoms with Crippen molar-refractivity contribution in [1.82, 2.24) is 9.55 Å². The van der Waals surface area contributed by atoms with Gasteiger partial charge in [0, 0.05) is 11.8 Å². The minimum Gasteiger partial charge on any atom is -0.404 e. The molecule has 0 spiro atoms. The molecule has 1 fully saturated rings.